The molecule has 0 spiro atoms. The van der Waals surface area contributed by atoms with Crippen LogP contribution in [-0.4, -0.2) is 10.2 Å². The van der Waals surface area contributed by atoms with E-state index in [2.05, 4.69) is 10.2 Å². The van der Waals surface area contributed by atoms with Crippen molar-refractivity contribution in [3.63, 3.8) is 0 Å². The van der Waals surface area contributed by atoms with Crippen molar-refractivity contribution in [2.45, 2.75) is 6.92 Å². The Bertz CT molecular complexity index is 497. The number of halogens is 1. The number of hydrogen-bond acceptors (Lipinski definition) is 3. The molecule has 0 atom stereocenters. The number of anilines is 1. The molecule has 0 amide bonds. The minimum absolute atomic E-state index is 0.242. The summed E-state index contributed by atoms with van der Waals surface area (Å²) >= 11 is 5.70. The summed E-state index contributed by atoms with van der Waals surface area (Å²) in [7, 11) is 0. The van der Waals surface area contributed by atoms with Gasteiger partial charge < -0.3 is 5.73 Å². The molecule has 0 bridgehead atoms. The Morgan fingerprint density at radius 2 is 2.00 bits per heavy atom. The van der Waals surface area contributed by atoms with Crippen molar-refractivity contribution in [1.29, 1.82) is 0 Å². The highest BCUT2D eigenvalue weighted by molar-refractivity contribution is 6.31. The molecule has 1 heterocycles. The lowest BCUT2D eigenvalue weighted by atomic mass is 10.1. The highest BCUT2D eigenvalue weighted by atomic mass is 35.5. The predicted molar refractivity (Wildman–Crippen MR) is 61.6 cm³/mol. The van der Waals surface area contributed by atoms with Crippen molar-refractivity contribution >= 4 is 17.3 Å². The van der Waals surface area contributed by atoms with E-state index in [-0.39, 0.29) is 5.15 Å². The zero-order valence-electron chi connectivity index (χ0n) is 8.24. The Morgan fingerprint density at radius 3 is 2.67 bits per heavy atom. The fraction of sp³-hybridized carbons (Fsp3) is 0.0909. The maximum absolute atomic E-state index is 5.70. The smallest absolute Gasteiger partial charge is 0.174 e. The van der Waals surface area contributed by atoms with E-state index in [0.717, 1.165) is 11.3 Å². The second-order valence-corrected chi connectivity index (χ2v) is 3.70. The van der Waals surface area contributed by atoms with Gasteiger partial charge in [-0.2, -0.15) is 0 Å². The molecular weight excluding hydrogens is 210 g/mol. The van der Waals surface area contributed by atoms with Crippen LogP contribution in [0.25, 0.3) is 11.3 Å². The predicted octanol–water partition coefficient (Wildman–Crippen LogP) is 2.69. The molecule has 4 heteroatoms. The summed E-state index contributed by atoms with van der Waals surface area (Å²) in [5, 5.41) is 8.01. The summed E-state index contributed by atoms with van der Waals surface area (Å²) in [6, 6.07) is 9.71. The van der Waals surface area contributed by atoms with Gasteiger partial charge in [-0.25, -0.2) is 0 Å². The zero-order chi connectivity index (χ0) is 10.8. The Labute approximate surface area is 92.9 Å². The largest absolute Gasteiger partial charge is 0.396 e. The lowest BCUT2D eigenvalue weighted by molar-refractivity contribution is 1.04. The fourth-order valence-electron chi connectivity index (χ4n) is 1.34. The first kappa shape index (κ1) is 9.93. The monoisotopic (exact) mass is 219 g/mol. The molecule has 0 aliphatic rings. The third-order valence-corrected chi connectivity index (χ3v) is 2.38. The van der Waals surface area contributed by atoms with Crippen molar-refractivity contribution in [2.75, 3.05) is 5.73 Å². The van der Waals surface area contributed by atoms with Crippen molar-refractivity contribution in [3.8, 4) is 11.3 Å². The summed E-state index contributed by atoms with van der Waals surface area (Å²) < 4.78 is 0. The second-order valence-electron chi connectivity index (χ2n) is 3.35. The Kier molecular flexibility index (Phi) is 2.56. The van der Waals surface area contributed by atoms with E-state index in [1.54, 1.807) is 6.07 Å². The van der Waals surface area contributed by atoms with Gasteiger partial charge in [-0.05, 0) is 19.1 Å². The molecule has 1 aromatic heterocycles. The molecule has 2 aromatic rings. The molecule has 0 saturated carbocycles. The number of hydrogen-bond donors (Lipinski definition) is 1. The van der Waals surface area contributed by atoms with Crippen LogP contribution < -0.4 is 5.73 Å². The van der Waals surface area contributed by atoms with Gasteiger partial charge in [0.1, 0.15) is 0 Å². The van der Waals surface area contributed by atoms with Gasteiger partial charge in [0.2, 0.25) is 0 Å². The normalized spacial score (nSPS) is 10.3. The number of nitrogen functional groups attached to an aromatic ring is 1. The van der Waals surface area contributed by atoms with E-state index in [9.17, 15) is 0 Å². The molecule has 0 aliphatic heterocycles. The minimum atomic E-state index is 0.242. The van der Waals surface area contributed by atoms with Crippen LogP contribution in [-0.2, 0) is 0 Å². The number of benzene rings is 1. The lowest BCUT2D eigenvalue weighted by Crippen LogP contribution is -1.94. The molecule has 0 unspecified atom stereocenters. The number of aromatic nitrogens is 2. The highest BCUT2D eigenvalue weighted by Crippen LogP contribution is 2.22. The fourth-order valence-corrected chi connectivity index (χ4v) is 1.43. The standard InChI is InChI=1S/C11H10ClN3/c1-7-3-2-4-8(5-7)10-6-9(13)11(12)15-14-10/h2-6H,1H3,(H2,13,14). The topological polar surface area (TPSA) is 51.8 Å². The molecule has 0 radical (unpaired) electrons. The van der Waals surface area contributed by atoms with Crippen LogP contribution in [0.5, 0.6) is 0 Å². The van der Waals surface area contributed by atoms with Gasteiger partial charge in [-0.15, -0.1) is 10.2 Å². The average Bonchev–Trinajstić information content (AvgIpc) is 2.22. The molecule has 2 rings (SSSR count). The van der Waals surface area contributed by atoms with E-state index in [1.807, 2.05) is 31.2 Å². The number of rotatable bonds is 1. The summed E-state index contributed by atoms with van der Waals surface area (Å²) in [6.45, 7) is 2.02. The highest BCUT2D eigenvalue weighted by Gasteiger charge is 2.03. The third kappa shape index (κ3) is 2.07. The SMILES string of the molecule is Cc1cccc(-c2cc(N)c(Cl)nn2)c1. The Hall–Kier alpha value is -1.61. The number of nitrogens with zero attached hydrogens (tertiary/aromatic N) is 2. The van der Waals surface area contributed by atoms with Gasteiger partial charge in [0.05, 0.1) is 11.4 Å². The summed E-state index contributed by atoms with van der Waals surface area (Å²) in [5.41, 5.74) is 9.01. The van der Waals surface area contributed by atoms with Crippen LogP contribution in [0.1, 0.15) is 5.56 Å². The van der Waals surface area contributed by atoms with Crippen LogP contribution in [0.3, 0.4) is 0 Å². The van der Waals surface area contributed by atoms with Gasteiger partial charge in [-0.3, -0.25) is 0 Å². The van der Waals surface area contributed by atoms with E-state index < -0.39 is 0 Å². The van der Waals surface area contributed by atoms with Crippen LogP contribution in [0.4, 0.5) is 5.69 Å². The van der Waals surface area contributed by atoms with Crippen molar-refractivity contribution < 1.29 is 0 Å². The molecule has 2 N–H and O–H groups in total. The van der Waals surface area contributed by atoms with E-state index in [4.69, 9.17) is 17.3 Å². The molecule has 1 aromatic carbocycles. The van der Waals surface area contributed by atoms with Crippen LogP contribution in [0.15, 0.2) is 30.3 Å². The van der Waals surface area contributed by atoms with Gasteiger partial charge in [0.15, 0.2) is 5.15 Å². The summed E-state index contributed by atoms with van der Waals surface area (Å²) in [4.78, 5) is 0. The maximum atomic E-state index is 5.70. The first-order valence-electron chi connectivity index (χ1n) is 4.52. The van der Waals surface area contributed by atoms with E-state index >= 15 is 0 Å². The van der Waals surface area contributed by atoms with Crippen LogP contribution in [0.2, 0.25) is 5.15 Å². The Balaban J connectivity index is 2.50. The third-order valence-electron chi connectivity index (χ3n) is 2.09. The molecule has 0 fully saturated rings. The van der Waals surface area contributed by atoms with Crippen molar-refractivity contribution in [3.05, 3.63) is 41.0 Å². The average molecular weight is 220 g/mol. The van der Waals surface area contributed by atoms with Crippen molar-refractivity contribution in [1.82, 2.24) is 10.2 Å². The minimum Gasteiger partial charge on any atom is -0.396 e. The van der Waals surface area contributed by atoms with Gasteiger partial charge >= 0.3 is 0 Å². The van der Waals surface area contributed by atoms with Crippen molar-refractivity contribution in [2.24, 2.45) is 0 Å². The maximum Gasteiger partial charge on any atom is 0.174 e. The van der Waals surface area contributed by atoms with E-state index in [0.29, 0.717) is 5.69 Å². The zero-order valence-corrected chi connectivity index (χ0v) is 8.99. The first-order valence-corrected chi connectivity index (χ1v) is 4.90. The molecule has 3 nitrogen and oxygen atoms in total. The number of aryl methyl sites for hydroxylation is 1. The summed E-state index contributed by atoms with van der Waals surface area (Å²) in [5.74, 6) is 0. The van der Waals surface area contributed by atoms with Gasteiger partial charge in [0.25, 0.3) is 0 Å². The summed E-state index contributed by atoms with van der Waals surface area (Å²) in [6.07, 6.45) is 0. The molecule has 76 valence electrons. The second kappa shape index (κ2) is 3.87. The molecule has 0 aliphatic carbocycles. The van der Waals surface area contributed by atoms with Crippen LogP contribution >= 0.6 is 11.6 Å². The Morgan fingerprint density at radius 1 is 1.20 bits per heavy atom. The number of nitrogens with two attached hydrogens (primary N) is 1. The quantitative estimate of drug-likeness (QED) is 0.802. The molecule has 0 saturated heterocycles. The lowest BCUT2D eigenvalue weighted by Gasteiger charge is -2.02. The van der Waals surface area contributed by atoms with Crippen LogP contribution in [0, 0.1) is 6.92 Å². The molecule has 15 heavy (non-hydrogen) atoms. The molecular formula is C11H10ClN3. The van der Waals surface area contributed by atoms with E-state index in [1.165, 1.54) is 5.56 Å². The first-order chi connectivity index (χ1) is 7.16. The van der Waals surface area contributed by atoms with Gasteiger partial charge in [0, 0.05) is 5.56 Å². The van der Waals surface area contributed by atoms with Gasteiger partial charge in [-0.1, -0.05) is 35.4 Å².